The highest BCUT2D eigenvalue weighted by atomic mass is 32.1. The maximum atomic E-state index is 14.2. The molecule has 0 spiro atoms. The largest absolute Gasteiger partial charge is 0.480 e. The molecule has 1 aliphatic rings. The summed E-state index contributed by atoms with van der Waals surface area (Å²) in [5.74, 6) is -2.68. The normalized spacial score (nSPS) is 21.3. The summed E-state index contributed by atoms with van der Waals surface area (Å²) in [6.07, 6.45) is -0.610. The van der Waals surface area contributed by atoms with Gasteiger partial charge < -0.3 is 15.3 Å². The van der Waals surface area contributed by atoms with E-state index in [2.05, 4.69) is 5.32 Å². The fourth-order valence-electron chi connectivity index (χ4n) is 3.74. The number of carbonyl (C=O) groups excluding carboxylic acids is 2. The van der Waals surface area contributed by atoms with E-state index in [0.717, 1.165) is 25.1 Å². The van der Waals surface area contributed by atoms with Crippen LogP contribution in [-0.4, -0.2) is 59.3 Å². The molecule has 0 unspecified atom stereocenters. The van der Waals surface area contributed by atoms with Gasteiger partial charge in [-0.3, -0.25) is 9.59 Å². The Balaban J connectivity index is 1.47. The van der Waals surface area contributed by atoms with Gasteiger partial charge in [-0.05, 0) is 18.2 Å². The molecule has 156 valence electrons. The predicted octanol–water partition coefficient (Wildman–Crippen LogP) is 3.15. The number of carbonyl (C=O) groups is 3. The SMILES string of the molecule is O=C(NCC(=O)N1C[C@@](F)(CF)C[C@H]1C(=O)O)c1ccc2c(c1)sc1ccccc12. The van der Waals surface area contributed by atoms with Crippen LogP contribution in [0.5, 0.6) is 0 Å². The predicted molar refractivity (Wildman–Crippen MR) is 109 cm³/mol. The monoisotopic (exact) mass is 432 g/mol. The van der Waals surface area contributed by atoms with Crippen LogP contribution in [0.2, 0.25) is 0 Å². The van der Waals surface area contributed by atoms with Gasteiger partial charge in [0.2, 0.25) is 5.91 Å². The summed E-state index contributed by atoms with van der Waals surface area (Å²) >= 11 is 1.55. The van der Waals surface area contributed by atoms with Gasteiger partial charge >= 0.3 is 5.97 Å². The van der Waals surface area contributed by atoms with Gasteiger partial charge in [0, 0.05) is 32.2 Å². The maximum absolute atomic E-state index is 14.2. The van der Waals surface area contributed by atoms with Crippen LogP contribution in [0, 0.1) is 0 Å². The third kappa shape index (κ3) is 3.60. The molecule has 30 heavy (non-hydrogen) atoms. The fraction of sp³-hybridized carbons (Fsp3) is 0.286. The van der Waals surface area contributed by atoms with Crippen LogP contribution in [0.3, 0.4) is 0 Å². The minimum absolute atomic E-state index is 0.349. The molecular weight excluding hydrogens is 414 g/mol. The number of nitrogens with zero attached hydrogens (tertiary/aromatic N) is 1. The summed E-state index contributed by atoms with van der Waals surface area (Å²) in [6, 6.07) is 11.6. The molecule has 3 aromatic rings. The molecule has 1 aromatic heterocycles. The van der Waals surface area contributed by atoms with Crippen molar-refractivity contribution in [3.8, 4) is 0 Å². The van der Waals surface area contributed by atoms with Crippen molar-refractivity contribution in [2.45, 2.75) is 18.1 Å². The van der Waals surface area contributed by atoms with Crippen LogP contribution in [0.1, 0.15) is 16.8 Å². The van der Waals surface area contributed by atoms with E-state index in [-0.39, 0.29) is 0 Å². The molecule has 2 aromatic carbocycles. The molecule has 2 N–H and O–H groups in total. The van der Waals surface area contributed by atoms with Crippen molar-refractivity contribution >= 4 is 49.3 Å². The first-order chi connectivity index (χ1) is 14.3. The van der Waals surface area contributed by atoms with E-state index in [1.54, 1.807) is 23.5 Å². The number of nitrogens with one attached hydrogen (secondary N) is 1. The summed E-state index contributed by atoms with van der Waals surface area (Å²) in [6.45, 7) is -2.53. The average Bonchev–Trinajstić information content (AvgIpc) is 3.30. The third-order valence-electron chi connectivity index (χ3n) is 5.28. The van der Waals surface area contributed by atoms with Crippen molar-refractivity contribution in [2.24, 2.45) is 0 Å². The van der Waals surface area contributed by atoms with E-state index >= 15 is 0 Å². The quantitative estimate of drug-likeness (QED) is 0.649. The van der Waals surface area contributed by atoms with Crippen molar-refractivity contribution in [2.75, 3.05) is 19.8 Å². The summed E-state index contributed by atoms with van der Waals surface area (Å²) in [7, 11) is 0. The number of hydrogen-bond acceptors (Lipinski definition) is 4. The zero-order valence-corrected chi connectivity index (χ0v) is 16.5. The number of benzene rings is 2. The fourth-order valence-corrected chi connectivity index (χ4v) is 4.89. The number of hydrogen-bond donors (Lipinski definition) is 2. The van der Waals surface area contributed by atoms with Crippen LogP contribution in [0.4, 0.5) is 8.78 Å². The lowest BCUT2D eigenvalue weighted by Crippen LogP contribution is -2.46. The highest BCUT2D eigenvalue weighted by molar-refractivity contribution is 7.25. The number of rotatable bonds is 5. The Hall–Kier alpha value is -3.07. The first kappa shape index (κ1) is 20.2. The number of halogens is 2. The number of likely N-dealkylation sites (tertiary alicyclic amines) is 1. The Bertz CT molecular complexity index is 1160. The minimum atomic E-state index is -2.38. The Labute approximate surface area is 174 Å². The van der Waals surface area contributed by atoms with Gasteiger partial charge in [0.1, 0.15) is 12.7 Å². The Morgan fingerprint density at radius 2 is 1.90 bits per heavy atom. The Kier molecular flexibility index (Phi) is 5.15. The van der Waals surface area contributed by atoms with E-state index < -0.39 is 55.7 Å². The molecule has 2 heterocycles. The zero-order chi connectivity index (χ0) is 21.5. The molecule has 2 amide bonds. The van der Waals surface area contributed by atoms with Crippen molar-refractivity contribution in [1.29, 1.82) is 0 Å². The smallest absolute Gasteiger partial charge is 0.326 e. The molecule has 1 saturated heterocycles. The first-order valence-corrected chi connectivity index (χ1v) is 10.1. The van der Waals surface area contributed by atoms with E-state index in [0.29, 0.717) is 5.56 Å². The molecule has 0 aliphatic carbocycles. The van der Waals surface area contributed by atoms with Gasteiger partial charge in [-0.25, -0.2) is 13.6 Å². The highest BCUT2D eigenvalue weighted by Gasteiger charge is 2.49. The van der Waals surface area contributed by atoms with Crippen LogP contribution in [-0.2, 0) is 9.59 Å². The van der Waals surface area contributed by atoms with Crippen LogP contribution < -0.4 is 5.32 Å². The second kappa shape index (κ2) is 7.64. The number of carboxylic acid groups (broad SMARTS) is 1. The summed E-state index contributed by atoms with van der Waals surface area (Å²) in [4.78, 5) is 37.0. The summed E-state index contributed by atoms with van der Waals surface area (Å²) < 4.78 is 29.2. The summed E-state index contributed by atoms with van der Waals surface area (Å²) in [5.41, 5.74) is -2.03. The zero-order valence-electron chi connectivity index (χ0n) is 15.7. The molecule has 0 saturated carbocycles. The summed E-state index contributed by atoms with van der Waals surface area (Å²) in [5, 5.41) is 13.8. The molecular formula is C21H18F2N2O4S. The molecule has 2 atom stereocenters. The van der Waals surface area contributed by atoms with Gasteiger partial charge in [-0.1, -0.05) is 24.3 Å². The average molecular weight is 432 g/mol. The van der Waals surface area contributed by atoms with Crippen molar-refractivity contribution < 1.29 is 28.3 Å². The minimum Gasteiger partial charge on any atom is -0.480 e. The van der Waals surface area contributed by atoms with E-state index in [4.69, 9.17) is 0 Å². The highest BCUT2D eigenvalue weighted by Crippen LogP contribution is 2.34. The number of alkyl halides is 2. The number of fused-ring (bicyclic) bond motifs is 3. The number of thiophene rings is 1. The topological polar surface area (TPSA) is 86.7 Å². The molecule has 1 aliphatic heterocycles. The second-order valence-corrected chi connectivity index (χ2v) is 8.44. The van der Waals surface area contributed by atoms with E-state index in [1.807, 2.05) is 30.3 Å². The standard InChI is InChI=1S/C21H18F2N2O4S/c22-10-21(23)8-15(20(28)29)25(11-21)18(26)9-24-19(27)12-5-6-14-13-3-1-2-4-16(13)30-17(14)7-12/h1-7,15H,8-11H2,(H,24,27)(H,28,29)/t15-,21-/m0/s1. The van der Waals surface area contributed by atoms with Crippen molar-refractivity contribution in [1.82, 2.24) is 10.2 Å². The molecule has 6 nitrogen and oxygen atoms in total. The first-order valence-electron chi connectivity index (χ1n) is 9.28. The van der Waals surface area contributed by atoms with Gasteiger partial charge in [0.05, 0.1) is 13.1 Å². The van der Waals surface area contributed by atoms with E-state index in [9.17, 15) is 28.3 Å². The molecule has 9 heteroatoms. The molecule has 0 bridgehead atoms. The number of amides is 2. The lowest BCUT2D eigenvalue weighted by molar-refractivity contribution is -0.147. The molecule has 1 fully saturated rings. The second-order valence-electron chi connectivity index (χ2n) is 7.36. The number of carboxylic acids is 1. The third-order valence-corrected chi connectivity index (χ3v) is 6.41. The van der Waals surface area contributed by atoms with Crippen LogP contribution in [0.15, 0.2) is 42.5 Å². The Morgan fingerprint density at radius 3 is 2.63 bits per heavy atom. The van der Waals surface area contributed by atoms with Crippen LogP contribution >= 0.6 is 11.3 Å². The van der Waals surface area contributed by atoms with Gasteiger partial charge in [-0.2, -0.15) is 0 Å². The lowest BCUT2D eigenvalue weighted by atomic mass is 10.0. The van der Waals surface area contributed by atoms with Gasteiger partial charge in [-0.15, -0.1) is 11.3 Å². The van der Waals surface area contributed by atoms with Gasteiger partial charge in [0.25, 0.3) is 5.91 Å². The van der Waals surface area contributed by atoms with Crippen molar-refractivity contribution in [3.63, 3.8) is 0 Å². The Morgan fingerprint density at radius 1 is 1.17 bits per heavy atom. The molecule has 4 rings (SSSR count). The van der Waals surface area contributed by atoms with Crippen molar-refractivity contribution in [3.05, 3.63) is 48.0 Å². The number of aliphatic carboxylic acids is 1. The maximum Gasteiger partial charge on any atom is 0.326 e. The van der Waals surface area contributed by atoms with Crippen LogP contribution in [0.25, 0.3) is 20.2 Å². The van der Waals surface area contributed by atoms with Gasteiger partial charge in [0.15, 0.2) is 5.67 Å². The lowest BCUT2D eigenvalue weighted by Gasteiger charge is -2.21. The molecule has 0 radical (unpaired) electrons. The van der Waals surface area contributed by atoms with E-state index in [1.165, 1.54) is 0 Å².